The van der Waals surface area contributed by atoms with Gasteiger partial charge in [-0.25, -0.2) is 0 Å². The zero-order valence-electron chi connectivity index (χ0n) is 11.8. The lowest BCUT2D eigenvalue weighted by atomic mass is 10.4. The molecule has 10 N–H and O–H groups in total. The van der Waals surface area contributed by atoms with Crippen LogP contribution in [0.25, 0.3) is 0 Å². The number of ether oxygens (including phenoxy) is 3. The van der Waals surface area contributed by atoms with Crippen molar-refractivity contribution < 1.29 is 65.3 Å². The van der Waals surface area contributed by atoms with Crippen molar-refractivity contribution in [3.63, 3.8) is 0 Å². The highest BCUT2D eigenvalue weighted by Gasteiger charge is 2.44. The first-order valence-electron chi connectivity index (χ1n) is 6.22. The Balaban J connectivity index is 4.91. The molecular formula is C10H22O13. The molecular weight excluding hydrogens is 328 g/mol. The van der Waals surface area contributed by atoms with Gasteiger partial charge in [-0.05, 0) is 0 Å². The Kier molecular flexibility index (Phi) is 9.48. The molecule has 4 atom stereocenters. The van der Waals surface area contributed by atoms with E-state index in [0.717, 1.165) is 0 Å². The van der Waals surface area contributed by atoms with Crippen molar-refractivity contribution in [3.8, 4) is 0 Å². The number of rotatable bonds is 12. The van der Waals surface area contributed by atoms with Crippen LogP contribution >= 0.6 is 0 Å². The van der Waals surface area contributed by atoms with Crippen LogP contribution in [0.15, 0.2) is 0 Å². The van der Waals surface area contributed by atoms with Gasteiger partial charge in [-0.2, -0.15) is 0 Å². The number of aliphatic hydroxyl groups is 10. The van der Waals surface area contributed by atoms with E-state index in [1.165, 1.54) is 0 Å². The molecule has 0 bridgehead atoms. The zero-order valence-corrected chi connectivity index (χ0v) is 11.8. The summed E-state index contributed by atoms with van der Waals surface area (Å²) in [5, 5.41) is 89.4. The largest absolute Gasteiger partial charge is 0.394 e. The predicted molar refractivity (Wildman–Crippen MR) is 65.5 cm³/mol. The smallest absolute Gasteiger partial charge is 0.329 e. The van der Waals surface area contributed by atoms with Crippen molar-refractivity contribution in [1.29, 1.82) is 0 Å². The van der Waals surface area contributed by atoms with E-state index in [-0.39, 0.29) is 0 Å². The van der Waals surface area contributed by atoms with Gasteiger partial charge in [0.1, 0.15) is 12.2 Å². The van der Waals surface area contributed by atoms with Gasteiger partial charge < -0.3 is 65.3 Å². The molecule has 140 valence electrons. The van der Waals surface area contributed by atoms with Crippen molar-refractivity contribution >= 4 is 0 Å². The number of hydrogen-bond acceptors (Lipinski definition) is 13. The molecule has 0 aromatic heterocycles. The average Bonchev–Trinajstić information content (AvgIpc) is 2.42. The maximum atomic E-state index is 9.06. The third-order valence-corrected chi connectivity index (χ3v) is 2.18. The summed E-state index contributed by atoms with van der Waals surface area (Å²) in [7, 11) is 0. The maximum absolute atomic E-state index is 9.06. The molecule has 0 amide bonds. The lowest BCUT2D eigenvalue weighted by Gasteiger charge is -2.33. The first-order chi connectivity index (χ1) is 10.4. The Bertz CT molecular complexity index is 281. The van der Waals surface area contributed by atoms with Crippen molar-refractivity contribution in [2.45, 2.75) is 36.7 Å². The van der Waals surface area contributed by atoms with E-state index in [1.54, 1.807) is 0 Å². The Hall–Kier alpha value is -0.520. The summed E-state index contributed by atoms with van der Waals surface area (Å²) < 4.78 is 13.5. The third kappa shape index (κ3) is 9.38. The number of aliphatic hydroxyl groups excluding tert-OH is 4. The molecule has 0 saturated heterocycles. The fraction of sp³-hybridized carbons (Fsp3) is 1.00. The standard InChI is InChI=1S/C10H22O13/c11-1-5(13)3-21-7(9(15,16)17)23-8(10(18,19)20)22-4-6(14)2-12/h5-8,11-20H,1-4H2. The Morgan fingerprint density at radius 1 is 0.652 bits per heavy atom. The van der Waals surface area contributed by atoms with Crippen LogP contribution in [0.5, 0.6) is 0 Å². The average molecular weight is 350 g/mol. The first-order valence-corrected chi connectivity index (χ1v) is 6.22. The van der Waals surface area contributed by atoms with Gasteiger partial charge in [0.05, 0.1) is 26.4 Å². The van der Waals surface area contributed by atoms with Gasteiger partial charge in [0, 0.05) is 0 Å². The highest BCUT2D eigenvalue weighted by atomic mass is 16.8. The van der Waals surface area contributed by atoms with Gasteiger partial charge in [-0.15, -0.1) is 0 Å². The molecule has 23 heavy (non-hydrogen) atoms. The minimum Gasteiger partial charge on any atom is -0.394 e. The topological polar surface area (TPSA) is 230 Å². The lowest BCUT2D eigenvalue weighted by Crippen LogP contribution is -2.54. The summed E-state index contributed by atoms with van der Waals surface area (Å²) in [6.45, 7) is -3.14. The molecule has 0 fully saturated rings. The fourth-order valence-corrected chi connectivity index (χ4v) is 1.10. The third-order valence-electron chi connectivity index (χ3n) is 2.18. The van der Waals surface area contributed by atoms with E-state index in [9.17, 15) is 0 Å². The Morgan fingerprint density at radius 3 is 1.17 bits per heavy atom. The molecule has 0 aromatic carbocycles. The summed E-state index contributed by atoms with van der Waals surface area (Å²) in [4.78, 5) is 0. The molecule has 0 aliphatic rings. The second-order valence-electron chi connectivity index (χ2n) is 4.51. The number of hydrogen-bond donors (Lipinski definition) is 10. The fourth-order valence-electron chi connectivity index (χ4n) is 1.10. The van der Waals surface area contributed by atoms with Crippen LogP contribution in [0.3, 0.4) is 0 Å². The lowest BCUT2D eigenvalue weighted by molar-refractivity contribution is -0.478. The molecule has 4 unspecified atom stereocenters. The predicted octanol–water partition coefficient (Wildman–Crippen LogP) is -6.34. The van der Waals surface area contributed by atoms with Crippen LogP contribution in [-0.2, 0) is 14.2 Å². The molecule has 0 aromatic rings. The summed E-state index contributed by atoms with van der Waals surface area (Å²) in [6, 6.07) is 0. The van der Waals surface area contributed by atoms with E-state index in [0.29, 0.717) is 0 Å². The summed E-state index contributed by atoms with van der Waals surface area (Å²) in [6.07, 6.45) is -7.99. The molecule has 0 aliphatic heterocycles. The van der Waals surface area contributed by atoms with Crippen molar-refractivity contribution in [1.82, 2.24) is 0 Å². The second kappa shape index (κ2) is 9.70. The molecule has 13 nitrogen and oxygen atoms in total. The molecule has 0 rings (SSSR count). The van der Waals surface area contributed by atoms with E-state index >= 15 is 0 Å². The minimum absolute atomic E-state index is 0.783. The van der Waals surface area contributed by atoms with Crippen molar-refractivity contribution in [2.24, 2.45) is 0 Å². The van der Waals surface area contributed by atoms with Gasteiger partial charge in [0.2, 0.25) is 12.6 Å². The van der Waals surface area contributed by atoms with E-state index in [2.05, 4.69) is 14.2 Å². The maximum Gasteiger partial charge on any atom is 0.329 e. The van der Waals surface area contributed by atoms with Crippen LogP contribution in [0.4, 0.5) is 0 Å². The van der Waals surface area contributed by atoms with Gasteiger partial charge in [-0.1, -0.05) is 0 Å². The zero-order chi connectivity index (χ0) is 18.3. The summed E-state index contributed by atoms with van der Waals surface area (Å²) >= 11 is 0. The molecule has 0 saturated carbocycles. The summed E-state index contributed by atoms with van der Waals surface area (Å²) in [5.74, 6) is -7.45. The summed E-state index contributed by atoms with van der Waals surface area (Å²) in [5.41, 5.74) is 0. The van der Waals surface area contributed by atoms with Crippen LogP contribution in [0.2, 0.25) is 0 Å². The van der Waals surface area contributed by atoms with E-state index < -0.39 is 63.2 Å². The van der Waals surface area contributed by atoms with Crippen LogP contribution in [0, 0.1) is 0 Å². The second-order valence-corrected chi connectivity index (χ2v) is 4.51. The van der Waals surface area contributed by atoms with Gasteiger partial charge >= 0.3 is 11.9 Å². The highest BCUT2D eigenvalue weighted by molar-refractivity contribution is 4.63. The Morgan fingerprint density at radius 2 is 0.957 bits per heavy atom. The van der Waals surface area contributed by atoms with Crippen molar-refractivity contribution in [3.05, 3.63) is 0 Å². The minimum atomic E-state index is -3.72. The highest BCUT2D eigenvalue weighted by Crippen LogP contribution is 2.18. The van der Waals surface area contributed by atoms with Crippen LogP contribution in [0.1, 0.15) is 0 Å². The van der Waals surface area contributed by atoms with Crippen LogP contribution < -0.4 is 0 Å². The SMILES string of the molecule is OCC(O)COC(OC(OCC(O)CO)C(O)(O)O)C(O)(O)O. The van der Waals surface area contributed by atoms with Crippen molar-refractivity contribution in [2.75, 3.05) is 26.4 Å². The molecule has 0 radical (unpaired) electrons. The van der Waals surface area contributed by atoms with E-state index in [4.69, 9.17) is 51.1 Å². The van der Waals surface area contributed by atoms with Gasteiger partial charge in [0.25, 0.3) is 0 Å². The Labute approximate surface area is 129 Å². The monoisotopic (exact) mass is 350 g/mol. The normalized spacial score (nSPS) is 18.5. The van der Waals surface area contributed by atoms with Crippen LogP contribution in [-0.4, -0.2) is 114 Å². The van der Waals surface area contributed by atoms with E-state index in [1.807, 2.05) is 0 Å². The molecule has 0 heterocycles. The molecule has 0 spiro atoms. The quantitative estimate of drug-likeness (QED) is 0.148. The molecule has 0 aliphatic carbocycles. The first kappa shape index (κ1) is 22.5. The molecule has 13 heteroatoms. The van der Waals surface area contributed by atoms with Gasteiger partial charge in [-0.3, -0.25) is 0 Å². The van der Waals surface area contributed by atoms with Gasteiger partial charge in [0.15, 0.2) is 0 Å².